The number of amides is 1. The smallest absolute Gasteiger partial charge is 0.255 e. The van der Waals surface area contributed by atoms with Crippen LogP contribution >= 0.6 is 34.4 Å². The number of benzene rings is 2. The molecule has 1 aliphatic heterocycles. The summed E-state index contributed by atoms with van der Waals surface area (Å²) in [6.07, 6.45) is 0. The molecule has 1 N–H and O–H groups in total. The minimum atomic E-state index is -3.55. The Bertz CT molecular complexity index is 977. The molecule has 2 unspecified atom stereocenters. The SMILES string of the molecule is Cc1ccc(C(=O)Nc2ccc(S(=O)(=O)N3CCSC(C)C3C)cc2)cc1I. The van der Waals surface area contributed by atoms with Gasteiger partial charge in [-0.1, -0.05) is 13.0 Å². The molecule has 2 aromatic carbocycles. The third-order valence-electron chi connectivity index (χ3n) is 4.98. The summed E-state index contributed by atoms with van der Waals surface area (Å²) in [5.41, 5.74) is 2.25. The molecule has 0 radical (unpaired) electrons. The fraction of sp³-hybridized carbons (Fsp3) is 0.350. The van der Waals surface area contributed by atoms with Gasteiger partial charge in [-0.15, -0.1) is 0 Å². The van der Waals surface area contributed by atoms with Gasteiger partial charge in [-0.05, 0) is 78.4 Å². The summed E-state index contributed by atoms with van der Waals surface area (Å²) in [7, 11) is -3.55. The van der Waals surface area contributed by atoms with Crippen LogP contribution in [0.4, 0.5) is 5.69 Å². The number of aryl methyl sites for hydroxylation is 1. The predicted octanol–water partition coefficient (Wildman–Crippen LogP) is 4.37. The summed E-state index contributed by atoms with van der Waals surface area (Å²) in [4.78, 5) is 12.7. The highest BCUT2D eigenvalue weighted by molar-refractivity contribution is 14.1. The molecule has 0 aromatic heterocycles. The van der Waals surface area contributed by atoms with E-state index in [1.54, 1.807) is 46.4 Å². The molecule has 150 valence electrons. The second-order valence-electron chi connectivity index (χ2n) is 6.87. The molecule has 0 aliphatic carbocycles. The van der Waals surface area contributed by atoms with Crippen LogP contribution < -0.4 is 5.32 Å². The Labute approximate surface area is 184 Å². The Morgan fingerprint density at radius 2 is 1.86 bits per heavy atom. The molecule has 28 heavy (non-hydrogen) atoms. The normalized spacial score (nSPS) is 20.7. The summed E-state index contributed by atoms with van der Waals surface area (Å²) >= 11 is 3.99. The highest BCUT2D eigenvalue weighted by Gasteiger charge is 2.34. The van der Waals surface area contributed by atoms with Crippen LogP contribution in [0.2, 0.25) is 0 Å². The maximum Gasteiger partial charge on any atom is 0.255 e. The van der Waals surface area contributed by atoms with Crippen molar-refractivity contribution in [3.63, 3.8) is 0 Å². The molecular formula is C20H23IN2O3S2. The van der Waals surface area contributed by atoms with Crippen LogP contribution in [-0.4, -0.2) is 42.2 Å². The zero-order valence-electron chi connectivity index (χ0n) is 16.0. The Morgan fingerprint density at radius 3 is 2.50 bits per heavy atom. The highest BCUT2D eigenvalue weighted by Crippen LogP contribution is 2.29. The number of anilines is 1. The summed E-state index contributed by atoms with van der Waals surface area (Å²) in [5, 5.41) is 3.09. The maximum atomic E-state index is 13.0. The van der Waals surface area contributed by atoms with Gasteiger partial charge in [-0.3, -0.25) is 4.79 Å². The van der Waals surface area contributed by atoms with Gasteiger partial charge in [-0.25, -0.2) is 8.42 Å². The quantitative estimate of drug-likeness (QED) is 0.597. The lowest BCUT2D eigenvalue weighted by atomic mass is 10.1. The van der Waals surface area contributed by atoms with Crippen LogP contribution in [0.5, 0.6) is 0 Å². The second kappa shape index (κ2) is 8.73. The van der Waals surface area contributed by atoms with E-state index in [9.17, 15) is 13.2 Å². The minimum absolute atomic E-state index is 0.0489. The number of carbonyl (C=O) groups excluding carboxylic acids is 1. The number of nitrogens with zero attached hydrogens (tertiary/aromatic N) is 1. The molecule has 0 spiro atoms. The molecule has 1 amide bonds. The molecule has 8 heteroatoms. The first-order valence-electron chi connectivity index (χ1n) is 9.01. The van der Waals surface area contributed by atoms with E-state index in [2.05, 4.69) is 34.8 Å². The van der Waals surface area contributed by atoms with Gasteiger partial charge in [0.25, 0.3) is 5.91 Å². The Hall–Kier alpha value is -1.10. The lowest BCUT2D eigenvalue weighted by Crippen LogP contribution is -2.47. The Balaban J connectivity index is 1.75. The van der Waals surface area contributed by atoms with Crippen molar-refractivity contribution < 1.29 is 13.2 Å². The fourth-order valence-corrected chi connectivity index (χ4v) is 6.54. The first kappa shape index (κ1) is 21.6. The first-order valence-corrected chi connectivity index (χ1v) is 12.6. The average molecular weight is 530 g/mol. The summed E-state index contributed by atoms with van der Waals surface area (Å²) in [5.74, 6) is 0.581. The standard InChI is InChI=1S/C20H23IN2O3S2/c1-13-4-5-16(12-19(13)21)20(24)22-17-6-8-18(9-7-17)28(25,26)23-10-11-27-15(3)14(23)2/h4-9,12,14-15H,10-11H2,1-3H3,(H,22,24). The van der Waals surface area contributed by atoms with Crippen LogP contribution in [-0.2, 0) is 10.0 Å². The van der Waals surface area contributed by atoms with Crippen molar-refractivity contribution in [3.8, 4) is 0 Å². The molecule has 2 aromatic rings. The van der Waals surface area contributed by atoms with E-state index < -0.39 is 10.0 Å². The topological polar surface area (TPSA) is 66.5 Å². The van der Waals surface area contributed by atoms with Crippen molar-refractivity contribution in [3.05, 3.63) is 57.2 Å². The van der Waals surface area contributed by atoms with Crippen molar-refractivity contribution in [1.82, 2.24) is 4.31 Å². The molecule has 1 saturated heterocycles. The Kier molecular flexibility index (Phi) is 6.73. The van der Waals surface area contributed by atoms with E-state index in [1.165, 1.54) is 0 Å². The highest BCUT2D eigenvalue weighted by atomic mass is 127. The second-order valence-corrected chi connectivity index (χ2v) is 11.4. The van der Waals surface area contributed by atoms with E-state index in [-0.39, 0.29) is 22.1 Å². The van der Waals surface area contributed by atoms with Gasteiger partial charge in [0.2, 0.25) is 10.0 Å². The number of nitrogens with one attached hydrogen (secondary N) is 1. The number of hydrogen-bond acceptors (Lipinski definition) is 4. The first-order chi connectivity index (χ1) is 13.2. The van der Waals surface area contributed by atoms with Gasteiger partial charge in [0.1, 0.15) is 0 Å². The number of sulfonamides is 1. The molecule has 0 bridgehead atoms. The minimum Gasteiger partial charge on any atom is -0.322 e. The number of thioether (sulfide) groups is 1. The van der Waals surface area contributed by atoms with E-state index in [1.807, 2.05) is 26.0 Å². The predicted molar refractivity (Wildman–Crippen MR) is 124 cm³/mol. The molecule has 0 saturated carbocycles. The largest absolute Gasteiger partial charge is 0.322 e. The third-order valence-corrected chi connectivity index (χ3v) is 9.48. The van der Waals surface area contributed by atoms with Crippen LogP contribution in [0, 0.1) is 10.5 Å². The molecule has 1 fully saturated rings. The van der Waals surface area contributed by atoms with Gasteiger partial charge in [-0.2, -0.15) is 16.1 Å². The summed E-state index contributed by atoms with van der Waals surface area (Å²) < 4.78 is 28.6. The van der Waals surface area contributed by atoms with E-state index >= 15 is 0 Å². The van der Waals surface area contributed by atoms with E-state index in [0.29, 0.717) is 17.8 Å². The summed E-state index contributed by atoms with van der Waals surface area (Å²) in [6.45, 7) is 6.52. The van der Waals surface area contributed by atoms with Crippen molar-refractivity contribution >= 4 is 56.0 Å². The van der Waals surface area contributed by atoms with Gasteiger partial charge in [0.15, 0.2) is 0 Å². The van der Waals surface area contributed by atoms with Gasteiger partial charge >= 0.3 is 0 Å². The van der Waals surface area contributed by atoms with Crippen LogP contribution in [0.1, 0.15) is 29.8 Å². The van der Waals surface area contributed by atoms with Crippen LogP contribution in [0.25, 0.3) is 0 Å². The van der Waals surface area contributed by atoms with Gasteiger partial charge in [0, 0.05) is 38.4 Å². The van der Waals surface area contributed by atoms with Crippen LogP contribution in [0.3, 0.4) is 0 Å². The monoisotopic (exact) mass is 530 g/mol. The van der Waals surface area contributed by atoms with Crippen molar-refractivity contribution in [2.45, 2.75) is 37.0 Å². The lowest BCUT2D eigenvalue weighted by Gasteiger charge is -2.36. The number of halogens is 1. The van der Waals surface area contributed by atoms with Crippen LogP contribution in [0.15, 0.2) is 47.4 Å². The van der Waals surface area contributed by atoms with Crippen molar-refractivity contribution in [2.75, 3.05) is 17.6 Å². The number of carbonyl (C=O) groups is 1. The fourth-order valence-electron chi connectivity index (χ4n) is 3.03. The molecule has 1 aliphatic rings. The molecule has 3 rings (SSSR count). The van der Waals surface area contributed by atoms with Crippen molar-refractivity contribution in [1.29, 1.82) is 0 Å². The molecule has 1 heterocycles. The zero-order valence-corrected chi connectivity index (χ0v) is 19.8. The Morgan fingerprint density at radius 1 is 1.18 bits per heavy atom. The van der Waals surface area contributed by atoms with Crippen molar-refractivity contribution in [2.24, 2.45) is 0 Å². The number of hydrogen-bond donors (Lipinski definition) is 1. The molecule has 5 nitrogen and oxygen atoms in total. The summed E-state index contributed by atoms with van der Waals surface area (Å²) in [6, 6.07) is 11.9. The maximum absolute atomic E-state index is 13.0. The lowest BCUT2D eigenvalue weighted by molar-refractivity contribution is 0.102. The van der Waals surface area contributed by atoms with E-state index in [4.69, 9.17) is 0 Å². The van der Waals surface area contributed by atoms with Gasteiger partial charge < -0.3 is 5.32 Å². The average Bonchev–Trinajstić information content (AvgIpc) is 2.66. The molecular weight excluding hydrogens is 507 g/mol. The third kappa shape index (κ3) is 4.55. The number of rotatable bonds is 4. The van der Waals surface area contributed by atoms with E-state index in [0.717, 1.165) is 14.9 Å². The molecule has 2 atom stereocenters. The van der Waals surface area contributed by atoms with Gasteiger partial charge in [0.05, 0.1) is 4.90 Å². The zero-order chi connectivity index (χ0) is 20.5.